The average Bonchev–Trinajstić information content (AvgIpc) is 3.07. The molecule has 0 aliphatic rings. The van der Waals surface area contributed by atoms with Crippen LogP contribution >= 0.6 is 23.4 Å². The second-order valence-electron chi connectivity index (χ2n) is 5.79. The Hall–Kier alpha value is -2.18. The monoisotopic (exact) mass is 389 g/mol. The van der Waals surface area contributed by atoms with Gasteiger partial charge in [-0.2, -0.15) is 0 Å². The number of benzene rings is 2. The van der Waals surface area contributed by atoms with E-state index in [-0.39, 0.29) is 11.9 Å². The van der Waals surface area contributed by atoms with Gasteiger partial charge < -0.3 is 15.0 Å². The Kier molecular flexibility index (Phi) is 6.06. The molecule has 0 saturated carbocycles. The molecule has 0 fully saturated rings. The first-order valence-electron chi connectivity index (χ1n) is 8.30. The third kappa shape index (κ3) is 4.51. The summed E-state index contributed by atoms with van der Waals surface area (Å²) < 4.78 is 5.21. The largest absolute Gasteiger partial charge is 0.497 e. The smallest absolute Gasteiger partial charge is 0.230 e. The lowest BCUT2D eigenvalue weighted by atomic mass is 10.0. The molecule has 26 heavy (non-hydrogen) atoms. The van der Waals surface area contributed by atoms with Crippen LogP contribution in [0.3, 0.4) is 0 Å². The normalized spacial score (nSPS) is 12.1. The molecule has 2 N–H and O–H groups in total. The highest BCUT2D eigenvalue weighted by molar-refractivity contribution is 7.99. The first-order valence-corrected chi connectivity index (χ1v) is 9.66. The van der Waals surface area contributed by atoms with Crippen LogP contribution in [0.25, 0.3) is 11.0 Å². The van der Waals surface area contributed by atoms with Crippen molar-refractivity contribution in [2.45, 2.75) is 24.5 Å². The van der Waals surface area contributed by atoms with Gasteiger partial charge in [-0.3, -0.25) is 4.79 Å². The molecule has 0 spiro atoms. The summed E-state index contributed by atoms with van der Waals surface area (Å²) in [4.78, 5) is 20.0. The summed E-state index contributed by atoms with van der Waals surface area (Å²) in [6.45, 7) is 2.04. The van der Waals surface area contributed by atoms with Gasteiger partial charge in [-0.15, -0.1) is 0 Å². The van der Waals surface area contributed by atoms with E-state index in [1.54, 1.807) is 7.11 Å². The summed E-state index contributed by atoms with van der Waals surface area (Å²) in [5.74, 6) is 1.03. The highest BCUT2D eigenvalue weighted by atomic mass is 35.5. The summed E-state index contributed by atoms with van der Waals surface area (Å²) in [5.41, 5.74) is 2.78. The van der Waals surface area contributed by atoms with Gasteiger partial charge in [0, 0.05) is 11.1 Å². The first-order chi connectivity index (χ1) is 12.6. The number of nitrogens with one attached hydrogen (secondary N) is 2. The Balaban J connectivity index is 1.60. The van der Waals surface area contributed by atoms with Crippen molar-refractivity contribution in [3.05, 3.63) is 53.1 Å². The number of aromatic nitrogens is 2. The molecule has 1 amide bonds. The van der Waals surface area contributed by atoms with Crippen molar-refractivity contribution in [1.82, 2.24) is 15.3 Å². The summed E-state index contributed by atoms with van der Waals surface area (Å²) in [6, 6.07) is 13.2. The molecular formula is C19H20ClN3O2S. The fourth-order valence-corrected chi connectivity index (χ4v) is 3.47. The lowest BCUT2D eigenvalue weighted by molar-refractivity contribution is -0.119. The number of aromatic amines is 1. The molecule has 0 saturated heterocycles. The van der Waals surface area contributed by atoms with E-state index in [2.05, 4.69) is 15.3 Å². The number of rotatable bonds is 7. The van der Waals surface area contributed by atoms with E-state index in [0.717, 1.165) is 28.8 Å². The van der Waals surface area contributed by atoms with Gasteiger partial charge in [0.15, 0.2) is 5.16 Å². The third-order valence-corrected chi connectivity index (χ3v) is 5.15. The topological polar surface area (TPSA) is 67.0 Å². The van der Waals surface area contributed by atoms with E-state index in [4.69, 9.17) is 16.3 Å². The second-order valence-corrected chi connectivity index (χ2v) is 7.19. The standard InChI is InChI=1S/C19H20ClN3O2S/c1-3-15(12-4-6-13(20)7-5-12)21-18(24)11-26-19-22-16-9-8-14(25-2)10-17(16)23-19/h4-10,15H,3,11H2,1-2H3,(H,21,24)(H,22,23). The third-order valence-electron chi connectivity index (χ3n) is 4.02. The molecule has 136 valence electrons. The lowest BCUT2D eigenvalue weighted by Gasteiger charge is -2.17. The number of hydrogen-bond donors (Lipinski definition) is 2. The summed E-state index contributed by atoms with van der Waals surface area (Å²) >= 11 is 7.30. The van der Waals surface area contributed by atoms with Crippen LogP contribution in [0.5, 0.6) is 5.75 Å². The molecule has 1 heterocycles. The van der Waals surface area contributed by atoms with Crippen LogP contribution in [0.1, 0.15) is 24.9 Å². The predicted molar refractivity (Wildman–Crippen MR) is 106 cm³/mol. The Morgan fingerprint density at radius 2 is 2.08 bits per heavy atom. The fraction of sp³-hybridized carbons (Fsp3) is 0.263. The number of thioether (sulfide) groups is 1. The van der Waals surface area contributed by atoms with Gasteiger partial charge in [0.2, 0.25) is 5.91 Å². The van der Waals surface area contributed by atoms with Crippen LogP contribution in [0, 0.1) is 0 Å². The van der Waals surface area contributed by atoms with Crippen molar-refractivity contribution >= 4 is 40.3 Å². The zero-order valence-corrected chi connectivity index (χ0v) is 16.2. The van der Waals surface area contributed by atoms with Crippen LogP contribution in [0.15, 0.2) is 47.6 Å². The number of halogens is 1. The minimum Gasteiger partial charge on any atom is -0.497 e. The van der Waals surface area contributed by atoms with Gasteiger partial charge in [-0.05, 0) is 36.2 Å². The highest BCUT2D eigenvalue weighted by Crippen LogP contribution is 2.24. The van der Waals surface area contributed by atoms with Gasteiger partial charge in [0.05, 0.1) is 29.9 Å². The average molecular weight is 390 g/mol. The molecule has 0 bridgehead atoms. The number of carbonyl (C=O) groups is 1. The molecule has 5 nitrogen and oxygen atoms in total. The minimum absolute atomic E-state index is 0.0275. The fourth-order valence-electron chi connectivity index (χ4n) is 2.65. The number of hydrogen-bond acceptors (Lipinski definition) is 4. The summed E-state index contributed by atoms with van der Waals surface area (Å²) in [5, 5.41) is 4.46. The number of methoxy groups -OCH3 is 1. The quantitative estimate of drug-likeness (QED) is 0.580. The van der Waals surface area contributed by atoms with E-state index in [1.165, 1.54) is 11.8 Å². The maximum Gasteiger partial charge on any atom is 0.230 e. The molecule has 0 aliphatic carbocycles. The second kappa shape index (κ2) is 8.47. The Morgan fingerprint density at radius 3 is 2.77 bits per heavy atom. The van der Waals surface area contributed by atoms with Crippen molar-refractivity contribution < 1.29 is 9.53 Å². The summed E-state index contributed by atoms with van der Waals surface area (Å²) in [7, 11) is 1.63. The molecule has 0 radical (unpaired) electrons. The molecule has 1 atom stereocenters. The molecule has 2 aromatic carbocycles. The van der Waals surface area contributed by atoms with Crippen molar-refractivity contribution in [3.63, 3.8) is 0 Å². The molecule has 1 unspecified atom stereocenters. The molecule has 7 heteroatoms. The molecule has 1 aromatic heterocycles. The molecular weight excluding hydrogens is 370 g/mol. The Morgan fingerprint density at radius 1 is 1.31 bits per heavy atom. The van der Waals surface area contributed by atoms with Crippen molar-refractivity contribution in [3.8, 4) is 5.75 Å². The van der Waals surface area contributed by atoms with E-state index in [0.29, 0.717) is 15.9 Å². The number of fused-ring (bicyclic) bond motifs is 1. The number of amides is 1. The van der Waals surface area contributed by atoms with E-state index >= 15 is 0 Å². The Labute approximate surface area is 161 Å². The lowest BCUT2D eigenvalue weighted by Crippen LogP contribution is -2.29. The van der Waals surface area contributed by atoms with Crippen molar-refractivity contribution in [2.75, 3.05) is 12.9 Å². The molecule has 0 aliphatic heterocycles. The van der Waals surface area contributed by atoms with Gasteiger partial charge >= 0.3 is 0 Å². The number of ether oxygens (including phenoxy) is 1. The van der Waals surface area contributed by atoms with E-state index in [9.17, 15) is 4.79 Å². The van der Waals surface area contributed by atoms with Crippen LogP contribution in [0.4, 0.5) is 0 Å². The number of H-pyrrole nitrogens is 1. The maximum absolute atomic E-state index is 12.3. The van der Waals surface area contributed by atoms with E-state index in [1.807, 2.05) is 49.4 Å². The van der Waals surface area contributed by atoms with Crippen LogP contribution in [0.2, 0.25) is 5.02 Å². The zero-order chi connectivity index (χ0) is 18.5. The van der Waals surface area contributed by atoms with Crippen molar-refractivity contribution in [1.29, 1.82) is 0 Å². The molecule has 3 aromatic rings. The first kappa shape index (κ1) is 18.6. The summed E-state index contributed by atoms with van der Waals surface area (Å²) in [6.07, 6.45) is 0.808. The van der Waals surface area contributed by atoms with Crippen molar-refractivity contribution in [2.24, 2.45) is 0 Å². The van der Waals surface area contributed by atoms with Crippen LogP contribution in [-0.4, -0.2) is 28.7 Å². The molecule has 3 rings (SSSR count). The number of nitrogens with zero attached hydrogens (tertiary/aromatic N) is 1. The number of imidazole rings is 1. The number of carbonyl (C=O) groups excluding carboxylic acids is 1. The van der Waals surface area contributed by atoms with Crippen LogP contribution in [-0.2, 0) is 4.79 Å². The maximum atomic E-state index is 12.3. The predicted octanol–water partition coefficient (Wildman–Crippen LogP) is 4.58. The van der Waals surface area contributed by atoms with Gasteiger partial charge in [0.25, 0.3) is 0 Å². The zero-order valence-electron chi connectivity index (χ0n) is 14.6. The highest BCUT2D eigenvalue weighted by Gasteiger charge is 2.14. The van der Waals surface area contributed by atoms with Gasteiger partial charge in [0.1, 0.15) is 5.75 Å². The Bertz CT molecular complexity index is 895. The van der Waals surface area contributed by atoms with E-state index < -0.39 is 0 Å². The minimum atomic E-state index is -0.0326. The van der Waals surface area contributed by atoms with Gasteiger partial charge in [-0.1, -0.05) is 42.4 Å². The SMILES string of the molecule is CCC(NC(=O)CSc1nc2ccc(OC)cc2[nH]1)c1ccc(Cl)cc1. The van der Waals surface area contributed by atoms with Gasteiger partial charge in [-0.25, -0.2) is 4.98 Å². The van der Waals surface area contributed by atoms with Crippen LogP contribution < -0.4 is 10.1 Å².